The van der Waals surface area contributed by atoms with E-state index in [1.807, 2.05) is 0 Å². The second-order valence-corrected chi connectivity index (χ2v) is 6.99. The molecule has 21 heavy (non-hydrogen) atoms. The van der Waals surface area contributed by atoms with Gasteiger partial charge in [-0.15, -0.1) is 0 Å². The Hall–Kier alpha value is -1.02. The second kappa shape index (κ2) is 7.31. The number of nitrogens with zero attached hydrogens (tertiary/aromatic N) is 1. The van der Waals surface area contributed by atoms with Gasteiger partial charge in [-0.1, -0.05) is 12.1 Å². The summed E-state index contributed by atoms with van der Waals surface area (Å²) in [5, 5.41) is 3.26. The van der Waals surface area contributed by atoms with Gasteiger partial charge in [-0.2, -0.15) is 4.31 Å². The third-order valence-electron chi connectivity index (χ3n) is 3.59. The minimum absolute atomic E-state index is 0.114. The molecule has 118 valence electrons. The summed E-state index contributed by atoms with van der Waals surface area (Å²) in [4.78, 5) is -0.279. The van der Waals surface area contributed by atoms with Gasteiger partial charge < -0.3 is 10.1 Å². The molecule has 1 saturated heterocycles. The van der Waals surface area contributed by atoms with Crippen molar-refractivity contribution in [1.82, 2.24) is 9.62 Å². The molecule has 0 aromatic heterocycles. The van der Waals surface area contributed by atoms with Gasteiger partial charge in [-0.25, -0.2) is 12.8 Å². The number of benzene rings is 1. The summed E-state index contributed by atoms with van der Waals surface area (Å²) in [5.41, 5.74) is 0. The van der Waals surface area contributed by atoms with Gasteiger partial charge in [0.25, 0.3) is 0 Å². The van der Waals surface area contributed by atoms with Crippen LogP contribution in [0.15, 0.2) is 29.2 Å². The molecule has 0 amide bonds. The van der Waals surface area contributed by atoms with E-state index in [1.54, 1.807) is 0 Å². The number of sulfonamides is 1. The summed E-state index contributed by atoms with van der Waals surface area (Å²) < 4.78 is 45.4. The van der Waals surface area contributed by atoms with Crippen LogP contribution in [0.5, 0.6) is 0 Å². The average molecular weight is 316 g/mol. The predicted molar refractivity (Wildman–Crippen MR) is 78.1 cm³/mol. The Morgan fingerprint density at radius 2 is 2.19 bits per heavy atom. The van der Waals surface area contributed by atoms with Crippen LogP contribution in [0.25, 0.3) is 0 Å². The quantitative estimate of drug-likeness (QED) is 0.821. The zero-order valence-electron chi connectivity index (χ0n) is 12.1. The first kappa shape index (κ1) is 16.4. The van der Waals surface area contributed by atoms with Gasteiger partial charge in [0.1, 0.15) is 10.7 Å². The van der Waals surface area contributed by atoms with E-state index in [4.69, 9.17) is 4.74 Å². The average Bonchev–Trinajstić information content (AvgIpc) is 2.96. The van der Waals surface area contributed by atoms with Gasteiger partial charge in [0.15, 0.2) is 0 Å². The van der Waals surface area contributed by atoms with Crippen LogP contribution in [0.3, 0.4) is 0 Å². The number of hydrogen-bond acceptors (Lipinski definition) is 4. The highest BCUT2D eigenvalue weighted by atomic mass is 32.2. The second-order valence-electron chi connectivity index (χ2n) is 5.08. The van der Waals surface area contributed by atoms with E-state index in [9.17, 15) is 12.8 Å². The van der Waals surface area contributed by atoms with Crippen LogP contribution in [0.1, 0.15) is 12.8 Å². The van der Waals surface area contributed by atoms with Gasteiger partial charge >= 0.3 is 0 Å². The fourth-order valence-corrected chi connectivity index (χ4v) is 3.99. The smallest absolute Gasteiger partial charge is 0.246 e. The van der Waals surface area contributed by atoms with Gasteiger partial charge in [0.05, 0.1) is 6.61 Å². The summed E-state index contributed by atoms with van der Waals surface area (Å²) in [6.45, 7) is 1.72. The lowest BCUT2D eigenvalue weighted by molar-refractivity contribution is 0.176. The fourth-order valence-electron chi connectivity index (χ4n) is 2.45. The van der Waals surface area contributed by atoms with E-state index in [0.717, 1.165) is 25.5 Å². The maximum absolute atomic E-state index is 13.8. The molecule has 2 rings (SSSR count). The molecule has 0 aliphatic carbocycles. The maximum atomic E-state index is 13.8. The van der Waals surface area contributed by atoms with E-state index in [1.165, 1.54) is 29.6 Å². The molecule has 7 heteroatoms. The molecule has 0 spiro atoms. The van der Waals surface area contributed by atoms with E-state index in [-0.39, 0.29) is 24.1 Å². The molecule has 0 bridgehead atoms. The molecule has 1 heterocycles. The number of halogens is 1. The van der Waals surface area contributed by atoms with Gasteiger partial charge in [-0.05, 0) is 31.5 Å². The number of nitrogens with one attached hydrogen (secondary N) is 1. The van der Waals surface area contributed by atoms with E-state index < -0.39 is 15.8 Å². The number of methoxy groups -OCH3 is 1. The molecular formula is C14H21FN2O3S. The Labute approximate surface area is 125 Å². The molecule has 1 aliphatic rings. The Kier molecular flexibility index (Phi) is 5.69. The standard InChI is InChI=1S/C14H21FN2O3S/c1-20-10-9-17(11-12-5-4-8-16-12)21(18,19)14-7-3-2-6-13(14)15/h2-3,6-7,12,16H,4-5,8-11H2,1H3. The Bertz CT molecular complexity index is 559. The van der Waals surface area contributed by atoms with Crippen molar-refractivity contribution >= 4 is 10.0 Å². The molecule has 5 nitrogen and oxygen atoms in total. The number of ether oxygens (including phenoxy) is 1. The maximum Gasteiger partial charge on any atom is 0.246 e. The van der Waals surface area contributed by atoms with Crippen molar-refractivity contribution in [3.05, 3.63) is 30.1 Å². The molecule has 1 fully saturated rings. The molecule has 1 N–H and O–H groups in total. The van der Waals surface area contributed by atoms with Crippen molar-refractivity contribution in [2.24, 2.45) is 0 Å². The fraction of sp³-hybridized carbons (Fsp3) is 0.571. The molecule has 1 atom stereocenters. The predicted octanol–water partition coefficient (Wildman–Crippen LogP) is 1.21. The Morgan fingerprint density at radius 1 is 1.43 bits per heavy atom. The molecule has 1 unspecified atom stereocenters. The topological polar surface area (TPSA) is 58.6 Å². The van der Waals surface area contributed by atoms with Crippen molar-refractivity contribution in [2.75, 3.05) is 33.4 Å². The first-order valence-corrected chi connectivity index (χ1v) is 8.46. The number of rotatable bonds is 7. The molecule has 0 saturated carbocycles. The zero-order valence-corrected chi connectivity index (χ0v) is 12.9. The largest absolute Gasteiger partial charge is 0.383 e. The van der Waals surface area contributed by atoms with Crippen LogP contribution in [-0.4, -0.2) is 52.1 Å². The van der Waals surface area contributed by atoms with Crippen molar-refractivity contribution in [3.63, 3.8) is 0 Å². The SMILES string of the molecule is COCCN(CC1CCCN1)S(=O)(=O)c1ccccc1F. The van der Waals surface area contributed by atoms with Crippen LogP contribution >= 0.6 is 0 Å². The van der Waals surface area contributed by atoms with Crippen LogP contribution in [0.4, 0.5) is 4.39 Å². The summed E-state index contributed by atoms with van der Waals surface area (Å²) in [5.74, 6) is -0.723. The molecule has 1 aromatic carbocycles. The summed E-state index contributed by atoms with van der Waals surface area (Å²) in [7, 11) is -2.34. The molecule has 0 radical (unpaired) electrons. The third-order valence-corrected chi connectivity index (χ3v) is 5.48. The normalized spacial score (nSPS) is 19.3. The summed E-state index contributed by atoms with van der Waals surface area (Å²) >= 11 is 0. The Balaban J connectivity index is 2.23. The highest BCUT2D eigenvalue weighted by molar-refractivity contribution is 7.89. The molecular weight excluding hydrogens is 295 g/mol. The third kappa shape index (κ3) is 4.00. The zero-order chi connectivity index (χ0) is 15.3. The van der Waals surface area contributed by atoms with Crippen LogP contribution in [0, 0.1) is 5.82 Å². The van der Waals surface area contributed by atoms with Crippen LogP contribution in [0.2, 0.25) is 0 Å². The van der Waals surface area contributed by atoms with Crippen LogP contribution in [-0.2, 0) is 14.8 Å². The summed E-state index contributed by atoms with van der Waals surface area (Å²) in [6.07, 6.45) is 1.96. The minimum atomic E-state index is -3.85. The highest BCUT2D eigenvalue weighted by Crippen LogP contribution is 2.20. The molecule has 1 aromatic rings. The van der Waals surface area contributed by atoms with Crippen molar-refractivity contribution < 1.29 is 17.5 Å². The van der Waals surface area contributed by atoms with Gasteiger partial charge in [0.2, 0.25) is 10.0 Å². The number of hydrogen-bond donors (Lipinski definition) is 1. The van der Waals surface area contributed by atoms with E-state index >= 15 is 0 Å². The minimum Gasteiger partial charge on any atom is -0.383 e. The lowest BCUT2D eigenvalue weighted by atomic mass is 10.2. The van der Waals surface area contributed by atoms with Gasteiger partial charge in [0, 0.05) is 26.2 Å². The first-order chi connectivity index (χ1) is 10.1. The Morgan fingerprint density at radius 3 is 2.81 bits per heavy atom. The van der Waals surface area contributed by atoms with Gasteiger partial charge in [-0.3, -0.25) is 0 Å². The summed E-state index contributed by atoms with van der Waals surface area (Å²) in [6, 6.07) is 5.58. The van der Waals surface area contributed by atoms with Crippen molar-refractivity contribution in [2.45, 2.75) is 23.8 Å². The van der Waals surface area contributed by atoms with Crippen molar-refractivity contribution in [3.8, 4) is 0 Å². The highest BCUT2D eigenvalue weighted by Gasteiger charge is 2.30. The molecule has 1 aliphatic heterocycles. The lowest BCUT2D eigenvalue weighted by Gasteiger charge is -2.25. The van der Waals surface area contributed by atoms with E-state index in [2.05, 4.69) is 5.32 Å². The lowest BCUT2D eigenvalue weighted by Crippen LogP contribution is -2.42. The monoisotopic (exact) mass is 316 g/mol. The van der Waals surface area contributed by atoms with Crippen LogP contribution < -0.4 is 5.32 Å². The first-order valence-electron chi connectivity index (χ1n) is 7.02. The van der Waals surface area contributed by atoms with E-state index in [0.29, 0.717) is 6.54 Å². The van der Waals surface area contributed by atoms with Crippen molar-refractivity contribution in [1.29, 1.82) is 0 Å².